The first-order chi connectivity index (χ1) is 7.38. The molecule has 2 saturated carbocycles. The third-order valence-corrected chi connectivity index (χ3v) is 4.27. The predicted molar refractivity (Wildman–Crippen MR) is 55.3 cm³/mol. The second kappa shape index (κ2) is 4.04. The Morgan fingerprint density at radius 2 is 2.00 bits per heavy atom. The van der Waals surface area contributed by atoms with Crippen LogP contribution in [0.4, 0.5) is 0 Å². The molecule has 3 unspecified atom stereocenters. The molecule has 0 amide bonds. The zero-order chi connectivity index (χ0) is 10.3. The summed E-state index contributed by atoms with van der Waals surface area (Å²) >= 11 is 0. The summed E-state index contributed by atoms with van der Waals surface area (Å²) in [6.45, 7) is 1.24. The third kappa shape index (κ3) is 1.93. The van der Waals surface area contributed by atoms with Crippen LogP contribution in [0.2, 0.25) is 0 Å². The molecule has 2 aliphatic carbocycles. The predicted octanol–water partition coefficient (Wildman–Crippen LogP) is 1.55. The lowest BCUT2D eigenvalue weighted by Crippen LogP contribution is -2.27. The number of ether oxygens (including phenoxy) is 2. The van der Waals surface area contributed by atoms with Gasteiger partial charge in [0.15, 0.2) is 6.29 Å². The van der Waals surface area contributed by atoms with Crippen LogP contribution in [-0.4, -0.2) is 30.7 Å². The summed E-state index contributed by atoms with van der Waals surface area (Å²) in [5.74, 6) is 2.10. The van der Waals surface area contributed by atoms with E-state index < -0.39 is 0 Å². The molecule has 0 aromatic carbocycles. The molecule has 15 heavy (non-hydrogen) atoms. The quantitative estimate of drug-likeness (QED) is 0.771. The van der Waals surface area contributed by atoms with Crippen LogP contribution in [0.3, 0.4) is 0 Å². The largest absolute Gasteiger partial charge is 0.396 e. The molecule has 3 rings (SSSR count). The van der Waals surface area contributed by atoms with E-state index in [0.717, 1.165) is 37.7 Å². The van der Waals surface area contributed by atoms with E-state index in [0.29, 0.717) is 18.6 Å². The van der Waals surface area contributed by atoms with Gasteiger partial charge in [-0.3, -0.25) is 0 Å². The van der Waals surface area contributed by atoms with Gasteiger partial charge >= 0.3 is 0 Å². The number of aliphatic hydroxyl groups is 1. The molecule has 0 aromatic rings. The Balaban J connectivity index is 1.43. The van der Waals surface area contributed by atoms with Crippen molar-refractivity contribution in [1.29, 1.82) is 0 Å². The fourth-order valence-corrected chi connectivity index (χ4v) is 3.34. The Labute approximate surface area is 90.8 Å². The van der Waals surface area contributed by atoms with Gasteiger partial charge in [-0.05, 0) is 49.9 Å². The molecule has 0 radical (unpaired) electrons. The third-order valence-electron chi connectivity index (χ3n) is 4.27. The normalized spacial score (nSPS) is 49.0. The molecule has 1 aliphatic heterocycles. The van der Waals surface area contributed by atoms with Crippen LogP contribution in [0, 0.1) is 17.8 Å². The molecule has 3 aliphatic rings. The first-order valence-corrected chi connectivity index (χ1v) is 6.26. The average Bonchev–Trinajstić information content (AvgIpc) is 2.75. The average molecular weight is 212 g/mol. The number of hydrogen-bond donors (Lipinski definition) is 1. The Kier molecular flexibility index (Phi) is 2.71. The van der Waals surface area contributed by atoms with Gasteiger partial charge in [-0.25, -0.2) is 0 Å². The Morgan fingerprint density at radius 1 is 1.20 bits per heavy atom. The van der Waals surface area contributed by atoms with Crippen molar-refractivity contribution in [3.63, 3.8) is 0 Å². The molecule has 1 heterocycles. The van der Waals surface area contributed by atoms with Gasteiger partial charge < -0.3 is 14.6 Å². The molecule has 3 atom stereocenters. The van der Waals surface area contributed by atoms with Crippen molar-refractivity contribution in [2.24, 2.45) is 17.8 Å². The van der Waals surface area contributed by atoms with Gasteiger partial charge in [0.25, 0.3) is 0 Å². The van der Waals surface area contributed by atoms with Crippen molar-refractivity contribution in [2.75, 3.05) is 13.2 Å². The van der Waals surface area contributed by atoms with E-state index in [1.807, 2.05) is 0 Å². The zero-order valence-corrected chi connectivity index (χ0v) is 9.10. The van der Waals surface area contributed by atoms with E-state index in [4.69, 9.17) is 14.6 Å². The minimum Gasteiger partial charge on any atom is -0.396 e. The maximum atomic E-state index is 9.05. The second-order valence-electron chi connectivity index (χ2n) is 5.20. The summed E-state index contributed by atoms with van der Waals surface area (Å²) < 4.78 is 11.5. The lowest BCUT2D eigenvalue weighted by Gasteiger charge is -2.26. The van der Waals surface area contributed by atoms with Gasteiger partial charge in [-0.1, -0.05) is 0 Å². The van der Waals surface area contributed by atoms with Crippen molar-refractivity contribution >= 4 is 0 Å². The van der Waals surface area contributed by atoms with Gasteiger partial charge in [0.2, 0.25) is 0 Å². The highest BCUT2D eigenvalue weighted by molar-refractivity contribution is 5.04. The van der Waals surface area contributed by atoms with E-state index in [9.17, 15) is 0 Å². The number of fused-ring (bicyclic) bond motifs is 1. The first-order valence-electron chi connectivity index (χ1n) is 6.26. The summed E-state index contributed by atoms with van der Waals surface area (Å²) in [5, 5.41) is 9.05. The monoisotopic (exact) mass is 212 g/mol. The second-order valence-corrected chi connectivity index (χ2v) is 5.20. The van der Waals surface area contributed by atoms with Gasteiger partial charge in [0, 0.05) is 13.2 Å². The molecule has 3 nitrogen and oxygen atoms in total. The van der Waals surface area contributed by atoms with Crippen molar-refractivity contribution in [3.8, 4) is 0 Å². The highest BCUT2D eigenvalue weighted by atomic mass is 16.7. The summed E-state index contributed by atoms with van der Waals surface area (Å²) in [7, 11) is 0. The maximum absolute atomic E-state index is 9.05. The van der Waals surface area contributed by atoms with Crippen LogP contribution in [0.25, 0.3) is 0 Å². The smallest absolute Gasteiger partial charge is 0.157 e. The summed E-state index contributed by atoms with van der Waals surface area (Å²) in [6.07, 6.45) is 6.26. The van der Waals surface area contributed by atoms with Crippen molar-refractivity contribution in [2.45, 2.75) is 44.5 Å². The Bertz CT molecular complexity index is 213. The van der Waals surface area contributed by atoms with Crippen LogP contribution in [0.15, 0.2) is 0 Å². The van der Waals surface area contributed by atoms with E-state index in [1.165, 1.54) is 12.8 Å². The molecule has 0 aromatic heterocycles. The number of rotatable bonds is 3. The number of aliphatic hydroxyl groups excluding tert-OH is 1. The van der Waals surface area contributed by atoms with Crippen molar-refractivity contribution in [1.82, 2.24) is 0 Å². The molecule has 86 valence electrons. The molecule has 3 heteroatoms. The van der Waals surface area contributed by atoms with Crippen LogP contribution >= 0.6 is 0 Å². The fourth-order valence-electron chi connectivity index (χ4n) is 3.34. The number of hydrogen-bond acceptors (Lipinski definition) is 3. The first kappa shape index (κ1) is 10.1. The molecule has 1 saturated heterocycles. The molecule has 1 N–H and O–H groups in total. The molecular formula is C12H20O3. The van der Waals surface area contributed by atoms with E-state index in [1.54, 1.807) is 0 Å². The topological polar surface area (TPSA) is 38.7 Å². The summed E-state index contributed by atoms with van der Waals surface area (Å²) in [4.78, 5) is 0. The van der Waals surface area contributed by atoms with Crippen LogP contribution in [0.5, 0.6) is 0 Å². The van der Waals surface area contributed by atoms with Crippen LogP contribution in [-0.2, 0) is 9.47 Å². The van der Waals surface area contributed by atoms with Crippen molar-refractivity contribution in [3.05, 3.63) is 0 Å². The van der Waals surface area contributed by atoms with Gasteiger partial charge in [0.1, 0.15) is 0 Å². The lowest BCUT2D eigenvalue weighted by atomic mass is 10.1. The lowest BCUT2D eigenvalue weighted by molar-refractivity contribution is -0.188. The zero-order valence-electron chi connectivity index (χ0n) is 9.10. The van der Waals surface area contributed by atoms with Crippen LogP contribution in [0.1, 0.15) is 32.1 Å². The minimum atomic E-state index is 0.0637. The van der Waals surface area contributed by atoms with Crippen molar-refractivity contribution < 1.29 is 14.6 Å². The maximum Gasteiger partial charge on any atom is 0.157 e. The van der Waals surface area contributed by atoms with Gasteiger partial charge in [-0.2, -0.15) is 0 Å². The van der Waals surface area contributed by atoms with E-state index in [-0.39, 0.29) is 6.29 Å². The molecule has 0 spiro atoms. The molecular weight excluding hydrogens is 192 g/mol. The molecule has 0 bridgehead atoms. The van der Waals surface area contributed by atoms with Crippen LogP contribution < -0.4 is 0 Å². The minimum absolute atomic E-state index is 0.0637. The highest BCUT2D eigenvalue weighted by Crippen LogP contribution is 2.58. The Morgan fingerprint density at radius 3 is 2.60 bits per heavy atom. The Hall–Kier alpha value is -0.120. The standard InChI is InChI=1S/C12H20O3/c13-7-11-9-5-8(6-10(9)11)15-12-3-1-2-4-14-12/h8-13H,1-7H2. The van der Waals surface area contributed by atoms with E-state index >= 15 is 0 Å². The van der Waals surface area contributed by atoms with Gasteiger partial charge in [-0.15, -0.1) is 0 Å². The van der Waals surface area contributed by atoms with E-state index in [2.05, 4.69) is 0 Å². The SMILES string of the molecule is OCC1C2CC(OC3CCCCO3)CC12. The summed E-state index contributed by atoms with van der Waals surface area (Å²) in [5.41, 5.74) is 0. The fraction of sp³-hybridized carbons (Fsp3) is 1.00. The highest BCUT2D eigenvalue weighted by Gasteiger charge is 2.56. The molecule has 3 fully saturated rings. The van der Waals surface area contributed by atoms with Gasteiger partial charge in [0.05, 0.1) is 6.10 Å². The summed E-state index contributed by atoms with van der Waals surface area (Å²) in [6, 6.07) is 0.